The SMILES string of the molecule is CC1(C)CC(c2nc(N)ncc2C(F)(F)F)CC(C)(C)N1. The summed E-state index contributed by atoms with van der Waals surface area (Å²) in [6, 6.07) is 0. The van der Waals surface area contributed by atoms with Gasteiger partial charge in [0.1, 0.15) is 0 Å². The summed E-state index contributed by atoms with van der Waals surface area (Å²) in [7, 11) is 0. The van der Waals surface area contributed by atoms with Crippen LogP contribution in [0.3, 0.4) is 0 Å². The maximum atomic E-state index is 13.2. The Bertz CT molecular complexity index is 522. The highest BCUT2D eigenvalue weighted by atomic mass is 19.4. The second-order valence-corrected chi connectivity index (χ2v) is 7.02. The lowest BCUT2D eigenvalue weighted by atomic mass is 9.74. The van der Waals surface area contributed by atoms with Gasteiger partial charge in [0.05, 0.1) is 11.3 Å². The molecule has 2 rings (SSSR count). The fraction of sp³-hybridized carbons (Fsp3) is 0.714. The fourth-order valence-corrected chi connectivity index (χ4v) is 3.45. The molecule has 0 bridgehead atoms. The van der Waals surface area contributed by atoms with Crippen molar-refractivity contribution in [3.05, 3.63) is 17.5 Å². The van der Waals surface area contributed by atoms with Gasteiger partial charge in [0.2, 0.25) is 5.95 Å². The third kappa shape index (κ3) is 3.64. The Balaban J connectivity index is 2.48. The van der Waals surface area contributed by atoms with Crippen LogP contribution in [0.4, 0.5) is 19.1 Å². The van der Waals surface area contributed by atoms with Gasteiger partial charge in [-0.2, -0.15) is 13.2 Å². The van der Waals surface area contributed by atoms with Gasteiger partial charge in [-0.05, 0) is 40.5 Å². The molecule has 0 aromatic carbocycles. The van der Waals surface area contributed by atoms with E-state index in [1.807, 2.05) is 27.7 Å². The van der Waals surface area contributed by atoms with E-state index in [1.165, 1.54) is 0 Å². The summed E-state index contributed by atoms with van der Waals surface area (Å²) in [5, 5.41) is 3.45. The molecule has 3 N–H and O–H groups in total. The Morgan fingerprint density at radius 3 is 2.19 bits per heavy atom. The van der Waals surface area contributed by atoms with Crippen LogP contribution < -0.4 is 11.1 Å². The number of rotatable bonds is 1. The molecule has 1 saturated heterocycles. The minimum absolute atomic E-state index is 0.0117. The summed E-state index contributed by atoms with van der Waals surface area (Å²) in [5.41, 5.74) is 4.20. The minimum atomic E-state index is -4.47. The molecule has 2 heterocycles. The average Bonchev–Trinajstić information content (AvgIpc) is 2.22. The van der Waals surface area contributed by atoms with Crippen molar-refractivity contribution >= 4 is 5.95 Å². The van der Waals surface area contributed by atoms with Gasteiger partial charge in [0.25, 0.3) is 0 Å². The van der Waals surface area contributed by atoms with Crippen molar-refractivity contribution in [1.29, 1.82) is 0 Å². The number of nitrogen functional groups attached to an aromatic ring is 1. The maximum absolute atomic E-state index is 13.2. The number of anilines is 1. The number of piperidine rings is 1. The van der Waals surface area contributed by atoms with Crippen LogP contribution in [-0.4, -0.2) is 21.0 Å². The molecule has 1 aromatic heterocycles. The molecule has 0 amide bonds. The van der Waals surface area contributed by atoms with E-state index >= 15 is 0 Å². The largest absolute Gasteiger partial charge is 0.419 e. The zero-order valence-electron chi connectivity index (χ0n) is 12.7. The lowest BCUT2D eigenvalue weighted by molar-refractivity contribution is -0.139. The van der Waals surface area contributed by atoms with Crippen LogP contribution in [0.15, 0.2) is 6.20 Å². The van der Waals surface area contributed by atoms with Gasteiger partial charge in [-0.15, -0.1) is 0 Å². The van der Waals surface area contributed by atoms with Gasteiger partial charge in [-0.25, -0.2) is 9.97 Å². The van der Waals surface area contributed by atoms with Crippen LogP contribution in [0.2, 0.25) is 0 Å². The maximum Gasteiger partial charge on any atom is 0.419 e. The van der Waals surface area contributed by atoms with Crippen LogP contribution in [-0.2, 0) is 6.18 Å². The predicted octanol–water partition coefficient (Wildman–Crippen LogP) is 3.10. The monoisotopic (exact) mass is 302 g/mol. The van der Waals surface area contributed by atoms with Crippen molar-refractivity contribution in [3.63, 3.8) is 0 Å². The van der Waals surface area contributed by atoms with Crippen LogP contribution >= 0.6 is 0 Å². The van der Waals surface area contributed by atoms with Crippen LogP contribution in [0.25, 0.3) is 0 Å². The molecule has 0 aliphatic carbocycles. The second kappa shape index (κ2) is 4.83. The number of alkyl halides is 3. The van der Waals surface area contributed by atoms with Gasteiger partial charge in [0, 0.05) is 23.2 Å². The predicted molar refractivity (Wildman–Crippen MR) is 74.7 cm³/mol. The Hall–Kier alpha value is -1.37. The lowest BCUT2D eigenvalue weighted by Crippen LogP contribution is -2.57. The van der Waals surface area contributed by atoms with Crippen molar-refractivity contribution < 1.29 is 13.2 Å². The number of hydrogen-bond donors (Lipinski definition) is 2. The first kappa shape index (κ1) is 16.0. The van der Waals surface area contributed by atoms with E-state index in [0.717, 1.165) is 6.20 Å². The zero-order valence-corrected chi connectivity index (χ0v) is 12.7. The minimum Gasteiger partial charge on any atom is -0.368 e. The van der Waals surface area contributed by atoms with Crippen molar-refractivity contribution in [2.45, 2.75) is 63.7 Å². The highest BCUT2D eigenvalue weighted by Crippen LogP contribution is 2.42. The van der Waals surface area contributed by atoms with Gasteiger partial charge in [-0.1, -0.05) is 0 Å². The van der Waals surface area contributed by atoms with E-state index in [2.05, 4.69) is 15.3 Å². The summed E-state index contributed by atoms with van der Waals surface area (Å²) < 4.78 is 39.6. The molecule has 21 heavy (non-hydrogen) atoms. The first-order valence-electron chi connectivity index (χ1n) is 6.89. The molecule has 1 fully saturated rings. The van der Waals surface area contributed by atoms with E-state index in [-0.39, 0.29) is 28.6 Å². The van der Waals surface area contributed by atoms with Crippen molar-refractivity contribution in [2.75, 3.05) is 5.73 Å². The van der Waals surface area contributed by atoms with Gasteiger partial charge >= 0.3 is 6.18 Å². The lowest BCUT2D eigenvalue weighted by Gasteiger charge is -2.46. The standard InChI is InChI=1S/C14H21F3N4/c1-12(2)5-8(6-13(3,4)21-12)10-9(14(15,16)17)7-19-11(18)20-10/h7-8,21H,5-6H2,1-4H3,(H2,18,19,20). The first-order chi connectivity index (χ1) is 9.40. The molecule has 0 radical (unpaired) electrons. The third-order valence-electron chi connectivity index (χ3n) is 3.72. The summed E-state index contributed by atoms with van der Waals surface area (Å²) in [5.74, 6) is -0.426. The van der Waals surface area contributed by atoms with Crippen molar-refractivity contribution in [2.24, 2.45) is 0 Å². The number of nitrogens with two attached hydrogens (primary N) is 1. The Kier molecular flexibility index (Phi) is 3.68. The van der Waals surface area contributed by atoms with Crippen LogP contribution in [0.1, 0.15) is 57.7 Å². The number of nitrogens with one attached hydrogen (secondary N) is 1. The Labute approximate surface area is 122 Å². The highest BCUT2D eigenvalue weighted by molar-refractivity contribution is 5.31. The third-order valence-corrected chi connectivity index (χ3v) is 3.72. The van der Waals surface area contributed by atoms with Gasteiger partial charge in [0.15, 0.2) is 0 Å². The number of hydrogen-bond acceptors (Lipinski definition) is 4. The van der Waals surface area contributed by atoms with E-state index < -0.39 is 11.7 Å². The molecule has 118 valence electrons. The molecular weight excluding hydrogens is 281 g/mol. The number of nitrogens with zero attached hydrogens (tertiary/aromatic N) is 2. The molecular formula is C14H21F3N4. The highest BCUT2D eigenvalue weighted by Gasteiger charge is 2.43. The van der Waals surface area contributed by atoms with E-state index in [4.69, 9.17) is 5.73 Å². The number of aromatic nitrogens is 2. The quantitative estimate of drug-likeness (QED) is 0.836. The number of halogens is 3. The first-order valence-corrected chi connectivity index (χ1v) is 6.89. The summed E-state index contributed by atoms with van der Waals surface area (Å²) in [4.78, 5) is 7.42. The van der Waals surface area contributed by atoms with E-state index in [1.54, 1.807) is 0 Å². The molecule has 7 heteroatoms. The Morgan fingerprint density at radius 2 is 1.71 bits per heavy atom. The summed E-state index contributed by atoms with van der Waals surface area (Å²) in [6.07, 6.45) is -2.55. The summed E-state index contributed by atoms with van der Waals surface area (Å²) >= 11 is 0. The Morgan fingerprint density at radius 1 is 1.19 bits per heavy atom. The van der Waals surface area contributed by atoms with Gasteiger partial charge in [-0.3, -0.25) is 0 Å². The molecule has 0 spiro atoms. The molecule has 1 aliphatic rings. The smallest absolute Gasteiger partial charge is 0.368 e. The topological polar surface area (TPSA) is 63.8 Å². The molecule has 1 aromatic rings. The molecule has 0 saturated carbocycles. The fourth-order valence-electron chi connectivity index (χ4n) is 3.45. The zero-order chi connectivity index (χ0) is 16.1. The molecule has 4 nitrogen and oxygen atoms in total. The summed E-state index contributed by atoms with van der Waals surface area (Å²) in [6.45, 7) is 7.94. The van der Waals surface area contributed by atoms with E-state index in [0.29, 0.717) is 12.8 Å². The molecule has 0 unspecified atom stereocenters. The normalized spacial score (nSPS) is 22.2. The van der Waals surface area contributed by atoms with E-state index in [9.17, 15) is 13.2 Å². The second-order valence-electron chi connectivity index (χ2n) is 7.02. The molecule has 1 aliphatic heterocycles. The average molecular weight is 302 g/mol. The van der Waals surface area contributed by atoms with Crippen molar-refractivity contribution in [3.8, 4) is 0 Å². The van der Waals surface area contributed by atoms with Crippen LogP contribution in [0, 0.1) is 0 Å². The van der Waals surface area contributed by atoms with Gasteiger partial charge < -0.3 is 11.1 Å². The van der Waals surface area contributed by atoms with Crippen LogP contribution in [0.5, 0.6) is 0 Å². The molecule has 0 atom stereocenters. The van der Waals surface area contributed by atoms with Crippen molar-refractivity contribution in [1.82, 2.24) is 15.3 Å².